The number of hydrogen-bond donors (Lipinski definition) is 1. The average Bonchev–Trinajstić information content (AvgIpc) is 3.23. The molecular weight excluding hydrogens is 254 g/mol. The molecule has 1 aliphatic heterocycles. The van der Waals surface area contributed by atoms with Gasteiger partial charge in [-0.25, -0.2) is 0 Å². The third-order valence-electron chi connectivity index (χ3n) is 4.08. The normalized spacial score (nSPS) is 18.0. The number of nitrogens with two attached hydrogens (primary N) is 1. The fourth-order valence-corrected chi connectivity index (χ4v) is 2.78. The van der Waals surface area contributed by atoms with Crippen LogP contribution in [0.1, 0.15) is 40.5 Å². The van der Waals surface area contributed by atoms with Crippen molar-refractivity contribution < 1.29 is 9.59 Å². The first-order chi connectivity index (χ1) is 9.61. The molecule has 1 aromatic rings. The first kappa shape index (κ1) is 13.1. The van der Waals surface area contributed by atoms with Crippen molar-refractivity contribution in [2.45, 2.75) is 25.8 Å². The van der Waals surface area contributed by atoms with Gasteiger partial charge >= 0.3 is 0 Å². The number of imide groups is 1. The summed E-state index contributed by atoms with van der Waals surface area (Å²) in [7, 11) is 0. The molecule has 0 atom stereocenters. The van der Waals surface area contributed by atoms with Crippen molar-refractivity contribution in [2.24, 2.45) is 0 Å². The largest absolute Gasteiger partial charge is 0.399 e. The minimum atomic E-state index is -0.218. The maximum atomic E-state index is 12.3. The number of amides is 2. The fraction of sp³-hybridized carbons (Fsp3) is 0.467. The van der Waals surface area contributed by atoms with Gasteiger partial charge in [0.2, 0.25) is 0 Å². The van der Waals surface area contributed by atoms with Gasteiger partial charge in [0.25, 0.3) is 11.8 Å². The van der Waals surface area contributed by atoms with Gasteiger partial charge in [-0.05, 0) is 37.6 Å². The van der Waals surface area contributed by atoms with Gasteiger partial charge in [0.05, 0.1) is 11.1 Å². The van der Waals surface area contributed by atoms with Crippen molar-refractivity contribution in [3.8, 4) is 0 Å². The number of carbonyl (C=O) groups excluding carboxylic acids is 2. The van der Waals surface area contributed by atoms with E-state index in [1.165, 1.54) is 17.7 Å². The Hall–Kier alpha value is -1.88. The summed E-state index contributed by atoms with van der Waals surface area (Å²) in [6.07, 6.45) is 2.46. The Morgan fingerprint density at radius 3 is 2.60 bits per heavy atom. The third-order valence-corrected chi connectivity index (χ3v) is 4.08. The van der Waals surface area contributed by atoms with Crippen LogP contribution >= 0.6 is 0 Å². The maximum absolute atomic E-state index is 12.3. The van der Waals surface area contributed by atoms with Gasteiger partial charge in [-0.1, -0.05) is 6.92 Å². The topological polar surface area (TPSA) is 66.6 Å². The van der Waals surface area contributed by atoms with Crippen molar-refractivity contribution in [3.63, 3.8) is 0 Å². The van der Waals surface area contributed by atoms with Crippen LogP contribution < -0.4 is 5.73 Å². The van der Waals surface area contributed by atoms with Crippen LogP contribution in [-0.2, 0) is 0 Å². The SMILES string of the molecule is CCN(CCN1C(=O)c2ccc(N)cc2C1=O)C1CC1. The predicted octanol–water partition coefficient (Wildman–Crippen LogP) is 1.35. The Bertz CT molecular complexity index is 566. The number of hydrogen-bond acceptors (Lipinski definition) is 4. The van der Waals surface area contributed by atoms with E-state index in [0.29, 0.717) is 29.4 Å². The summed E-state index contributed by atoms with van der Waals surface area (Å²) in [5, 5.41) is 0. The molecule has 1 aromatic carbocycles. The van der Waals surface area contributed by atoms with E-state index in [1.54, 1.807) is 18.2 Å². The number of nitrogen functional groups attached to an aromatic ring is 1. The zero-order chi connectivity index (χ0) is 14.3. The molecule has 0 bridgehead atoms. The van der Waals surface area contributed by atoms with Crippen LogP contribution in [-0.4, -0.2) is 47.3 Å². The van der Waals surface area contributed by atoms with Crippen molar-refractivity contribution in [1.29, 1.82) is 0 Å². The molecule has 1 saturated carbocycles. The lowest BCUT2D eigenvalue weighted by atomic mass is 10.1. The summed E-state index contributed by atoms with van der Waals surface area (Å²) in [5.74, 6) is -0.416. The Morgan fingerprint density at radius 2 is 1.95 bits per heavy atom. The second-order valence-corrected chi connectivity index (χ2v) is 5.43. The van der Waals surface area contributed by atoms with Gasteiger partial charge in [0, 0.05) is 24.8 Å². The molecular formula is C15H19N3O2. The number of nitrogens with zero attached hydrogens (tertiary/aromatic N) is 2. The van der Waals surface area contributed by atoms with Gasteiger partial charge in [0.15, 0.2) is 0 Å². The van der Waals surface area contributed by atoms with Gasteiger partial charge in [-0.15, -0.1) is 0 Å². The van der Waals surface area contributed by atoms with Gasteiger partial charge in [-0.3, -0.25) is 19.4 Å². The molecule has 0 saturated heterocycles. The van der Waals surface area contributed by atoms with Gasteiger partial charge in [-0.2, -0.15) is 0 Å². The molecule has 2 amide bonds. The summed E-state index contributed by atoms with van der Waals surface area (Å²) in [6, 6.07) is 5.54. The highest BCUT2D eigenvalue weighted by molar-refractivity contribution is 6.21. The highest BCUT2D eigenvalue weighted by atomic mass is 16.2. The van der Waals surface area contributed by atoms with Crippen LogP contribution in [0.3, 0.4) is 0 Å². The molecule has 20 heavy (non-hydrogen) atoms. The molecule has 0 spiro atoms. The van der Waals surface area contributed by atoms with Crippen LogP contribution in [0.15, 0.2) is 18.2 Å². The molecule has 0 radical (unpaired) electrons. The second kappa shape index (κ2) is 4.90. The van der Waals surface area contributed by atoms with Gasteiger partial charge in [0.1, 0.15) is 0 Å². The summed E-state index contributed by atoms with van der Waals surface area (Å²) in [6.45, 7) is 4.28. The lowest BCUT2D eigenvalue weighted by molar-refractivity contribution is 0.0635. The van der Waals surface area contributed by atoms with E-state index in [0.717, 1.165) is 13.1 Å². The smallest absolute Gasteiger partial charge is 0.261 e. The Labute approximate surface area is 118 Å². The van der Waals surface area contributed by atoms with Crippen LogP contribution in [0.4, 0.5) is 5.69 Å². The van der Waals surface area contributed by atoms with E-state index >= 15 is 0 Å². The van der Waals surface area contributed by atoms with E-state index in [-0.39, 0.29) is 11.8 Å². The van der Waals surface area contributed by atoms with Crippen LogP contribution in [0, 0.1) is 0 Å². The van der Waals surface area contributed by atoms with E-state index in [2.05, 4.69) is 11.8 Å². The highest BCUT2D eigenvalue weighted by Gasteiger charge is 2.36. The van der Waals surface area contributed by atoms with Crippen molar-refractivity contribution >= 4 is 17.5 Å². The molecule has 2 aliphatic rings. The molecule has 0 unspecified atom stereocenters. The third kappa shape index (κ3) is 2.18. The molecule has 1 heterocycles. The summed E-state index contributed by atoms with van der Waals surface area (Å²) in [4.78, 5) is 28.2. The number of anilines is 1. The summed E-state index contributed by atoms with van der Waals surface area (Å²) >= 11 is 0. The molecule has 2 N–H and O–H groups in total. The number of fused-ring (bicyclic) bond motifs is 1. The number of carbonyl (C=O) groups is 2. The predicted molar refractivity (Wildman–Crippen MR) is 76.5 cm³/mol. The lowest BCUT2D eigenvalue weighted by Gasteiger charge is -2.22. The number of likely N-dealkylation sites (N-methyl/N-ethyl adjacent to an activating group) is 1. The summed E-state index contributed by atoms with van der Waals surface area (Å²) in [5.41, 5.74) is 7.10. The molecule has 0 aromatic heterocycles. The molecule has 1 aliphatic carbocycles. The van der Waals surface area contributed by atoms with Crippen molar-refractivity contribution in [1.82, 2.24) is 9.80 Å². The minimum absolute atomic E-state index is 0.197. The maximum Gasteiger partial charge on any atom is 0.261 e. The van der Waals surface area contributed by atoms with Crippen molar-refractivity contribution in [2.75, 3.05) is 25.4 Å². The standard InChI is InChI=1S/C15H19N3O2/c1-2-17(11-4-5-11)7-8-18-14(19)12-6-3-10(16)9-13(12)15(18)20/h3,6,9,11H,2,4-5,7-8,16H2,1H3. The molecule has 5 nitrogen and oxygen atoms in total. The molecule has 5 heteroatoms. The van der Waals surface area contributed by atoms with E-state index in [4.69, 9.17) is 5.73 Å². The minimum Gasteiger partial charge on any atom is -0.399 e. The Balaban J connectivity index is 1.72. The monoisotopic (exact) mass is 273 g/mol. The van der Waals surface area contributed by atoms with E-state index in [9.17, 15) is 9.59 Å². The van der Waals surface area contributed by atoms with Crippen molar-refractivity contribution in [3.05, 3.63) is 29.3 Å². The average molecular weight is 273 g/mol. The first-order valence-corrected chi connectivity index (χ1v) is 7.11. The number of rotatable bonds is 5. The van der Waals surface area contributed by atoms with Crippen LogP contribution in [0.25, 0.3) is 0 Å². The Kier molecular flexibility index (Phi) is 3.22. The molecule has 106 valence electrons. The number of benzene rings is 1. The van der Waals surface area contributed by atoms with Gasteiger partial charge < -0.3 is 5.73 Å². The Morgan fingerprint density at radius 1 is 1.25 bits per heavy atom. The lowest BCUT2D eigenvalue weighted by Crippen LogP contribution is -2.39. The second-order valence-electron chi connectivity index (χ2n) is 5.43. The van der Waals surface area contributed by atoms with E-state index < -0.39 is 0 Å². The van der Waals surface area contributed by atoms with E-state index in [1.807, 2.05) is 0 Å². The molecule has 1 fully saturated rings. The zero-order valence-corrected chi connectivity index (χ0v) is 11.6. The highest BCUT2D eigenvalue weighted by Crippen LogP contribution is 2.28. The first-order valence-electron chi connectivity index (χ1n) is 7.11. The zero-order valence-electron chi connectivity index (χ0n) is 11.6. The van der Waals surface area contributed by atoms with Crippen LogP contribution in [0.5, 0.6) is 0 Å². The fourth-order valence-electron chi connectivity index (χ4n) is 2.78. The molecule has 3 rings (SSSR count). The van der Waals surface area contributed by atoms with Crippen LogP contribution in [0.2, 0.25) is 0 Å². The summed E-state index contributed by atoms with van der Waals surface area (Å²) < 4.78 is 0. The quantitative estimate of drug-likeness (QED) is 0.649.